The highest BCUT2D eigenvalue weighted by Crippen LogP contribution is 2.64. The van der Waals surface area contributed by atoms with Gasteiger partial charge in [0.2, 0.25) is 5.91 Å². The second kappa shape index (κ2) is 3.80. The summed E-state index contributed by atoms with van der Waals surface area (Å²) in [7, 11) is 0. The zero-order valence-electron chi connectivity index (χ0n) is 9.85. The van der Waals surface area contributed by atoms with Crippen LogP contribution in [0.15, 0.2) is 5.38 Å². The quantitative estimate of drug-likeness (QED) is 0.863. The molecule has 0 aromatic carbocycles. The van der Waals surface area contributed by atoms with Crippen LogP contribution in [0.2, 0.25) is 0 Å². The minimum atomic E-state index is -0.783. The number of aliphatic carboxylic acids is 1. The number of carboxylic acids is 1. The molecule has 2 rings (SSSR count). The Hall–Kier alpha value is -1.43. The summed E-state index contributed by atoms with van der Waals surface area (Å²) >= 11 is 1.32. The summed E-state index contributed by atoms with van der Waals surface area (Å²) in [6.07, 6.45) is 0. The number of thiazole rings is 1. The number of hydrogen-bond donors (Lipinski definition) is 2. The first-order valence-corrected chi connectivity index (χ1v) is 6.18. The van der Waals surface area contributed by atoms with E-state index in [0.29, 0.717) is 5.13 Å². The molecule has 1 amide bonds. The van der Waals surface area contributed by atoms with Crippen LogP contribution in [-0.2, 0) is 9.59 Å². The Morgan fingerprint density at radius 1 is 1.53 bits per heavy atom. The van der Waals surface area contributed by atoms with Crippen molar-refractivity contribution in [3.05, 3.63) is 11.1 Å². The van der Waals surface area contributed by atoms with Crippen molar-refractivity contribution in [1.29, 1.82) is 0 Å². The number of carbonyl (C=O) groups excluding carboxylic acids is 1. The maximum absolute atomic E-state index is 11.1. The Labute approximate surface area is 103 Å². The number of hydrogen-bond acceptors (Lipinski definition) is 4. The molecule has 0 radical (unpaired) electrons. The fourth-order valence-electron chi connectivity index (χ4n) is 2.29. The molecule has 0 bridgehead atoms. The van der Waals surface area contributed by atoms with Gasteiger partial charge in [-0.3, -0.25) is 9.59 Å². The molecule has 6 heteroatoms. The summed E-state index contributed by atoms with van der Waals surface area (Å²) in [6.45, 7) is 5.27. The van der Waals surface area contributed by atoms with E-state index < -0.39 is 5.97 Å². The van der Waals surface area contributed by atoms with Crippen molar-refractivity contribution in [2.45, 2.75) is 26.7 Å². The molecule has 5 nitrogen and oxygen atoms in total. The first kappa shape index (κ1) is 12.0. The standard InChI is InChI=1S/C11H14N2O3S/c1-5(14)12-10-13-6(4-17-10)7-8(9(15)16)11(7,2)3/h4,7-8H,1-3H3,(H,15,16)(H,12,13,14)/t7-,8-/m1/s1. The number of carboxylic acid groups (broad SMARTS) is 1. The smallest absolute Gasteiger partial charge is 0.307 e. The number of carbonyl (C=O) groups is 2. The molecule has 0 aliphatic heterocycles. The molecule has 2 N–H and O–H groups in total. The Kier molecular flexibility index (Phi) is 2.69. The zero-order chi connectivity index (χ0) is 12.8. The maximum atomic E-state index is 11.1. The van der Waals surface area contributed by atoms with E-state index in [4.69, 9.17) is 5.11 Å². The molecule has 92 valence electrons. The lowest BCUT2D eigenvalue weighted by Gasteiger charge is -1.98. The molecule has 1 heterocycles. The Morgan fingerprint density at radius 3 is 2.65 bits per heavy atom. The summed E-state index contributed by atoms with van der Waals surface area (Å²) in [5.74, 6) is -1.39. The van der Waals surface area contributed by atoms with Gasteiger partial charge in [-0.15, -0.1) is 11.3 Å². The first-order chi connectivity index (χ1) is 7.84. The SMILES string of the molecule is CC(=O)Nc1nc([C@@H]2[C@H](C(=O)O)C2(C)C)cs1. The van der Waals surface area contributed by atoms with Crippen LogP contribution in [0.5, 0.6) is 0 Å². The summed E-state index contributed by atoms with van der Waals surface area (Å²) in [6, 6.07) is 0. The normalized spacial score (nSPS) is 25.4. The van der Waals surface area contributed by atoms with Gasteiger partial charge in [-0.25, -0.2) is 4.98 Å². The van der Waals surface area contributed by atoms with Crippen molar-refractivity contribution in [3.63, 3.8) is 0 Å². The highest BCUT2D eigenvalue weighted by Gasteiger charge is 2.63. The van der Waals surface area contributed by atoms with Gasteiger partial charge in [0.05, 0.1) is 11.6 Å². The number of rotatable bonds is 3. The highest BCUT2D eigenvalue weighted by molar-refractivity contribution is 7.13. The minimum Gasteiger partial charge on any atom is -0.481 e. The van der Waals surface area contributed by atoms with Crippen molar-refractivity contribution in [2.75, 3.05) is 5.32 Å². The van der Waals surface area contributed by atoms with E-state index in [1.54, 1.807) is 0 Å². The van der Waals surface area contributed by atoms with Crippen molar-refractivity contribution >= 4 is 28.3 Å². The molecule has 2 atom stereocenters. The third-order valence-corrected chi connectivity index (χ3v) is 3.99. The lowest BCUT2D eigenvalue weighted by atomic mass is 10.1. The van der Waals surface area contributed by atoms with Gasteiger partial charge in [0.15, 0.2) is 5.13 Å². The van der Waals surface area contributed by atoms with Gasteiger partial charge >= 0.3 is 5.97 Å². The third-order valence-electron chi connectivity index (χ3n) is 3.22. The van der Waals surface area contributed by atoms with Crippen LogP contribution in [0.1, 0.15) is 32.4 Å². The van der Waals surface area contributed by atoms with Crippen molar-refractivity contribution in [1.82, 2.24) is 4.98 Å². The molecular weight excluding hydrogens is 240 g/mol. The molecule has 1 aliphatic rings. The molecule has 1 aromatic rings. The van der Waals surface area contributed by atoms with Gasteiger partial charge in [0.25, 0.3) is 0 Å². The fraction of sp³-hybridized carbons (Fsp3) is 0.545. The maximum Gasteiger partial charge on any atom is 0.307 e. The molecule has 1 saturated carbocycles. The van der Waals surface area contributed by atoms with Crippen molar-refractivity contribution < 1.29 is 14.7 Å². The molecule has 1 aromatic heterocycles. The molecule has 0 unspecified atom stereocenters. The van der Waals surface area contributed by atoms with Gasteiger partial charge < -0.3 is 10.4 Å². The van der Waals surface area contributed by atoms with E-state index in [1.165, 1.54) is 18.3 Å². The van der Waals surface area contributed by atoms with Crippen LogP contribution in [-0.4, -0.2) is 22.0 Å². The summed E-state index contributed by atoms with van der Waals surface area (Å²) in [5, 5.41) is 14.0. The number of aromatic nitrogens is 1. The zero-order valence-corrected chi connectivity index (χ0v) is 10.7. The molecule has 17 heavy (non-hydrogen) atoms. The van der Waals surface area contributed by atoms with Crippen LogP contribution >= 0.6 is 11.3 Å². The van der Waals surface area contributed by atoms with Crippen LogP contribution in [0.4, 0.5) is 5.13 Å². The largest absolute Gasteiger partial charge is 0.481 e. The fourth-order valence-corrected chi connectivity index (χ4v) is 3.08. The number of nitrogens with zero attached hydrogens (tertiary/aromatic N) is 1. The molecular formula is C11H14N2O3S. The summed E-state index contributed by atoms with van der Waals surface area (Å²) in [5.41, 5.74) is 0.504. The van der Waals surface area contributed by atoms with Gasteiger partial charge in [0.1, 0.15) is 0 Å². The predicted molar refractivity (Wildman–Crippen MR) is 64.1 cm³/mol. The second-order valence-corrected chi connectivity index (χ2v) is 5.73. The van der Waals surface area contributed by atoms with Gasteiger partial charge in [-0.1, -0.05) is 13.8 Å². The number of amides is 1. The topological polar surface area (TPSA) is 79.3 Å². The second-order valence-electron chi connectivity index (χ2n) is 4.87. The first-order valence-electron chi connectivity index (χ1n) is 5.30. The van der Waals surface area contributed by atoms with E-state index in [-0.39, 0.29) is 23.2 Å². The molecule has 0 spiro atoms. The van der Waals surface area contributed by atoms with Gasteiger partial charge in [0, 0.05) is 18.2 Å². The van der Waals surface area contributed by atoms with Crippen LogP contribution in [0.25, 0.3) is 0 Å². The number of anilines is 1. The number of nitrogens with one attached hydrogen (secondary N) is 1. The Bertz CT molecular complexity index is 481. The monoisotopic (exact) mass is 254 g/mol. The van der Waals surface area contributed by atoms with Crippen LogP contribution in [0.3, 0.4) is 0 Å². The molecule has 0 saturated heterocycles. The summed E-state index contributed by atoms with van der Waals surface area (Å²) < 4.78 is 0. The average molecular weight is 254 g/mol. The lowest BCUT2D eigenvalue weighted by molar-refractivity contribution is -0.139. The Balaban J connectivity index is 2.17. The van der Waals surface area contributed by atoms with Crippen LogP contribution < -0.4 is 5.32 Å². The molecule has 1 aliphatic carbocycles. The van der Waals surface area contributed by atoms with E-state index in [1.807, 2.05) is 19.2 Å². The Morgan fingerprint density at radius 2 is 2.18 bits per heavy atom. The third kappa shape index (κ3) is 2.04. The van der Waals surface area contributed by atoms with Crippen LogP contribution in [0, 0.1) is 11.3 Å². The highest BCUT2D eigenvalue weighted by atomic mass is 32.1. The van der Waals surface area contributed by atoms with E-state index in [0.717, 1.165) is 5.69 Å². The average Bonchev–Trinajstić information content (AvgIpc) is 2.54. The lowest BCUT2D eigenvalue weighted by Crippen LogP contribution is -2.05. The van der Waals surface area contributed by atoms with E-state index in [9.17, 15) is 9.59 Å². The van der Waals surface area contributed by atoms with Gasteiger partial charge in [-0.05, 0) is 5.41 Å². The minimum absolute atomic E-state index is 0.0567. The van der Waals surface area contributed by atoms with E-state index in [2.05, 4.69) is 10.3 Å². The van der Waals surface area contributed by atoms with Crippen molar-refractivity contribution in [3.8, 4) is 0 Å². The predicted octanol–water partition coefficient (Wildman–Crippen LogP) is 1.93. The molecule has 1 fully saturated rings. The van der Waals surface area contributed by atoms with Gasteiger partial charge in [-0.2, -0.15) is 0 Å². The van der Waals surface area contributed by atoms with Crippen molar-refractivity contribution in [2.24, 2.45) is 11.3 Å². The summed E-state index contributed by atoms with van der Waals surface area (Å²) in [4.78, 5) is 26.2. The van der Waals surface area contributed by atoms with E-state index >= 15 is 0 Å².